The average Bonchev–Trinajstić information content (AvgIpc) is 3.07. The quantitative estimate of drug-likeness (QED) is 0.195. The summed E-state index contributed by atoms with van der Waals surface area (Å²) < 4.78 is 39.6. The zero-order chi connectivity index (χ0) is 30.4. The Labute approximate surface area is 263 Å². The minimum atomic E-state index is 0.0622. The molecule has 0 saturated carbocycles. The molecule has 0 unspecified atom stereocenters. The van der Waals surface area contributed by atoms with E-state index in [0.29, 0.717) is 68.1 Å². The monoisotopic (exact) mass is 621 g/mol. The average molecular weight is 622 g/mol. The number of ether oxygens (including phenoxy) is 6. The molecule has 1 N–H and O–H groups in total. The maximum atomic E-state index is 9.77. The van der Waals surface area contributed by atoms with Gasteiger partial charge in [0.25, 0.3) is 0 Å². The first-order valence-corrected chi connectivity index (χ1v) is 15.7. The molecule has 5 rings (SSSR count). The molecule has 2 saturated heterocycles. The van der Waals surface area contributed by atoms with Crippen LogP contribution < -0.4 is 18.9 Å². The Kier molecular flexibility index (Phi) is 12.5. The van der Waals surface area contributed by atoms with Crippen LogP contribution in [0, 0.1) is 11.3 Å². The summed E-state index contributed by atoms with van der Waals surface area (Å²) in [6, 6.07) is 15.5. The van der Waals surface area contributed by atoms with Crippen molar-refractivity contribution in [3.05, 3.63) is 65.6 Å². The lowest BCUT2D eigenvalue weighted by Gasteiger charge is -2.25. The van der Waals surface area contributed by atoms with Crippen molar-refractivity contribution in [2.75, 3.05) is 73.0 Å². The third-order valence-corrected chi connectivity index (χ3v) is 8.11. The molecule has 3 aromatic rings. The van der Waals surface area contributed by atoms with Gasteiger partial charge >= 0.3 is 0 Å². The second-order valence-corrected chi connectivity index (χ2v) is 11.2. The van der Waals surface area contributed by atoms with Crippen molar-refractivity contribution in [1.29, 1.82) is 5.26 Å². The van der Waals surface area contributed by atoms with Gasteiger partial charge in [-0.15, -0.1) is 0 Å². The maximum absolute atomic E-state index is 9.77. The number of hydrogen-bond donors (Lipinski definition) is 1. The highest BCUT2D eigenvalue weighted by molar-refractivity contribution is 7.95. The van der Waals surface area contributed by atoms with Gasteiger partial charge in [0.15, 0.2) is 11.5 Å². The van der Waals surface area contributed by atoms with Crippen LogP contribution in [0.5, 0.6) is 17.2 Å². The summed E-state index contributed by atoms with van der Waals surface area (Å²) >= 11 is 1.62. The molecule has 0 bridgehead atoms. The molecule has 44 heavy (non-hydrogen) atoms. The Morgan fingerprint density at radius 2 is 1.80 bits per heavy atom. The summed E-state index contributed by atoms with van der Waals surface area (Å²) in [5.41, 5.74) is 3.05. The van der Waals surface area contributed by atoms with E-state index in [4.69, 9.17) is 33.4 Å². The van der Waals surface area contributed by atoms with Gasteiger partial charge in [0.1, 0.15) is 30.4 Å². The van der Waals surface area contributed by atoms with E-state index in [0.717, 1.165) is 62.5 Å². The molecule has 11 nitrogen and oxygen atoms in total. The fraction of sp³-hybridized carbons (Fsp3) is 0.469. The van der Waals surface area contributed by atoms with Gasteiger partial charge < -0.3 is 28.4 Å². The van der Waals surface area contributed by atoms with Gasteiger partial charge in [-0.3, -0.25) is 0 Å². The third-order valence-electron chi connectivity index (χ3n) is 7.15. The van der Waals surface area contributed by atoms with E-state index >= 15 is 0 Å². The van der Waals surface area contributed by atoms with Gasteiger partial charge in [0, 0.05) is 62.8 Å². The predicted octanol–water partition coefficient (Wildman–Crippen LogP) is 4.05. The lowest BCUT2D eigenvalue weighted by molar-refractivity contribution is 0.0254. The van der Waals surface area contributed by atoms with E-state index in [1.807, 2.05) is 42.5 Å². The molecule has 0 spiro atoms. The normalized spacial score (nSPS) is 15.9. The Hall–Kier alpha value is -3.44. The molecule has 2 aliphatic rings. The summed E-state index contributed by atoms with van der Waals surface area (Å²) in [7, 11) is 1.62. The highest BCUT2D eigenvalue weighted by atomic mass is 32.2. The number of morpholine rings is 1. The minimum absolute atomic E-state index is 0.0622. The van der Waals surface area contributed by atoms with Crippen LogP contribution >= 0.6 is 12.1 Å². The van der Waals surface area contributed by atoms with E-state index in [2.05, 4.69) is 20.1 Å². The fourth-order valence-electron chi connectivity index (χ4n) is 4.82. The van der Waals surface area contributed by atoms with E-state index in [9.17, 15) is 5.26 Å². The second-order valence-electron chi connectivity index (χ2n) is 10.3. The molecule has 1 aromatic heterocycles. The van der Waals surface area contributed by atoms with E-state index < -0.39 is 0 Å². The van der Waals surface area contributed by atoms with Gasteiger partial charge in [0.2, 0.25) is 0 Å². The lowest BCUT2D eigenvalue weighted by Crippen LogP contribution is -2.34. The van der Waals surface area contributed by atoms with Crippen molar-refractivity contribution in [3.8, 4) is 34.6 Å². The van der Waals surface area contributed by atoms with Crippen molar-refractivity contribution in [2.24, 2.45) is 0 Å². The van der Waals surface area contributed by atoms with Gasteiger partial charge in [-0.2, -0.15) is 5.26 Å². The SMILES string of the molecule is COc1cc(Cc2nccc(-c3ccc(OC4CCOCC4)c(C#N)c3)n2)ccc1OCCOCCNSN1CCOCC1. The Balaban J connectivity index is 1.10. The number of rotatable bonds is 15. The molecule has 0 radical (unpaired) electrons. The Morgan fingerprint density at radius 1 is 0.977 bits per heavy atom. The van der Waals surface area contributed by atoms with E-state index in [-0.39, 0.29) is 6.10 Å². The van der Waals surface area contributed by atoms with Crippen molar-refractivity contribution in [1.82, 2.24) is 19.0 Å². The number of nitrogens with zero attached hydrogens (tertiary/aromatic N) is 4. The summed E-state index contributed by atoms with van der Waals surface area (Å²) in [6.45, 7) is 7.02. The number of methoxy groups -OCH3 is 1. The molecule has 12 heteroatoms. The molecule has 0 amide bonds. The summed E-state index contributed by atoms with van der Waals surface area (Å²) in [4.78, 5) is 9.25. The fourth-order valence-corrected chi connectivity index (χ4v) is 5.51. The van der Waals surface area contributed by atoms with Crippen LogP contribution in [0.25, 0.3) is 11.3 Å². The first-order valence-electron chi connectivity index (χ1n) is 14.9. The lowest BCUT2D eigenvalue weighted by atomic mass is 10.1. The predicted molar refractivity (Wildman–Crippen MR) is 167 cm³/mol. The standard InChI is InChI=1S/C32H39N5O6S/c1-38-31-20-24(2-4-30(31)42-19-18-40-15-10-35-44-37-11-16-41-17-12-37)21-32-34-9-6-28(36-32)25-3-5-29(26(22-25)23-33)43-27-7-13-39-14-8-27/h2-6,9,20,22,27,35H,7-8,10-19,21H2,1H3. The van der Waals surface area contributed by atoms with Crippen molar-refractivity contribution in [3.63, 3.8) is 0 Å². The molecular formula is C32H39N5O6S. The molecule has 3 heterocycles. The van der Waals surface area contributed by atoms with Gasteiger partial charge in [-0.1, -0.05) is 6.07 Å². The topological polar surface area (TPSA) is 120 Å². The Morgan fingerprint density at radius 3 is 2.61 bits per heavy atom. The van der Waals surface area contributed by atoms with Crippen LogP contribution in [-0.2, 0) is 20.6 Å². The first-order chi connectivity index (χ1) is 21.7. The molecule has 0 atom stereocenters. The molecule has 2 fully saturated rings. The number of aromatic nitrogens is 2. The van der Waals surface area contributed by atoms with Crippen molar-refractivity contribution < 1.29 is 28.4 Å². The summed E-state index contributed by atoms with van der Waals surface area (Å²) in [5, 5.41) is 9.77. The van der Waals surface area contributed by atoms with Gasteiger partial charge in [-0.25, -0.2) is 19.0 Å². The molecule has 234 valence electrons. The van der Waals surface area contributed by atoms with Crippen LogP contribution in [-0.4, -0.2) is 93.4 Å². The highest BCUT2D eigenvalue weighted by Crippen LogP contribution is 2.30. The highest BCUT2D eigenvalue weighted by Gasteiger charge is 2.18. The minimum Gasteiger partial charge on any atom is -0.493 e. The molecular weight excluding hydrogens is 582 g/mol. The smallest absolute Gasteiger partial charge is 0.161 e. The molecule has 2 aromatic carbocycles. The number of nitrogens with one attached hydrogen (secondary N) is 1. The van der Waals surface area contributed by atoms with Gasteiger partial charge in [-0.05, 0) is 42.0 Å². The van der Waals surface area contributed by atoms with Crippen LogP contribution in [0.15, 0.2) is 48.7 Å². The third kappa shape index (κ3) is 9.53. The zero-order valence-electron chi connectivity index (χ0n) is 25.0. The van der Waals surface area contributed by atoms with E-state index in [1.165, 1.54) is 0 Å². The van der Waals surface area contributed by atoms with Crippen LogP contribution in [0.1, 0.15) is 29.8 Å². The summed E-state index contributed by atoms with van der Waals surface area (Å²) in [5.74, 6) is 2.55. The maximum Gasteiger partial charge on any atom is 0.161 e. The molecule has 2 aliphatic heterocycles. The van der Waals surface area contributed by atoms with Crippen molar-refractivity contribution in [2.45, 2.75) is 25.4 Å². The van der Waals surface area contributed by atoms with E-state index in [1.54, 1.807) is 25.4 Å². The number of benzene rings is 2. The van der Waals surface area contributed by atoms with Crippen molar-refractivity contribution >= 4 is 12.1 Å². The van der Waals surface area contributed by atoms with Gasteiger partial charge in [0.05, 0.1) is 58.0 Å². The van der Waals surface area contributed by atoms with Crippen LogP contribution in [0.2, 0.25) is 0 Å². The zero-order valence-corrected chi connectivity index (χ0v) is 25.9. The second kappa shape index (κ2) is 17.2. The van der Waals surface area contributed by atoms with Crippen LogP contribution in [0.4, 0.5) is 0 Å². The largest absolute Gasteiger partial charge is 0.493 e. The first kappa shape index (κ1) is 32.0. The number of nitriles is 1. The Bertz CT molecular complexity index is 1380. The molecule has 0 aliphatic carbocycles. The van der Waals surface area contributed by atoms with Crippen LogP contribution in [0.3, 0.4) is 0 Å². The summed E-state index contributed by atoms with van der Waals surface area (Å²) in [6.07, 6.45) is 3.96. The number of hydrogen-bond acceptors (Lipinski definition) is 12.